The number of carboxylic acids is 1. The van der Waals surface area contributed by atoms with Gasteiger partial charge in [0.05, 0.1) is 11.0 Å². The Morgan fingerprint density at radius 3 is 2.93 bits per heavy atom. The lowest BCUT2D eigenvalue weighted by Gasteiger charge is -2.00. The van der Waals surface area contributed by atoms with Crippen LogP contribution >= 0.6 is 15.9 Å². The monoisotopic (exact) mass is 254 g/mol. The smallest absolute Gasteiger partial charge is 0.323 e. The average molecular weight is 255 g/mol. The molecule has 0 unspecified atom stereocenters. The highest BCUT2D eigenvalue weighted by molar-refractivity contribution is 9.10. The summed E-state index contributed by atoms with van der Waals surface area (Å²) in [5.74, 6) is -0.881. The lowest BCUT2D eigenvalue weighted by Crippen LogP contribution is -2.08. The minimum Gasteiger partial charge on any atom is -0.480 e. The number of para-hydroxylation sites is 2. The van der Waals surface area contributed by atoms with Gasteiger partial charge in [-0.3, -0.25) is 4.79 Å². The van der Waals surface area contributed by atoms with Gasteiger partial charge in [0.1, 0.15) is 6.54 Å². The molecule has 0 amide bonds. The van der Waals surface area contributed by atoms with E-state index in [2.05, 4.69) is 20.9 Å². The number of hydrogen-bond acceptors (Lipinski definition) is 2. The van der Waals surface area contributed by atoms with E-state index in [9.17, 15) is 4.79 Å². The molecule has 2 rings (SSSR count). The van der Waals surface area contributed by atoms with Crippen molar-refractivity contribution in [1.29, 1.82) is 0 Å². The maximum absolute atomic E-state index is 10.6. The van der Waals surface area contributed by atoms with E-state index in [-0.39, 0.29) is 6.54 Å². The van der Waals surface area contributed by atoms with Crippen LogP contribution in [-0.2, 0) is 11.3 Å². The van der Waals surface area contributed by atoms with Crippen LogP contribution in [0.1, 0.15) is 0 Å². The lowest BCUT2D eigenvalue weighted by molar-refractivity contribution is -0.137. The van der Waals surface area contributed by atoms with Crippen LogP contribution in [-0.4, -0.2) is 20.6 Å². The summed E-state index contributed by atoms with van der Waals surface area (Å²) in [5, 5.41) is 8.70. The second-order valence-corrected chi connectivity index (χ2v) is 3.56. The van der Waals surface area contributed by atoms with Gasteiger partial charge in [0.15, 0.2) is 4.73 Å². The molecule has 0 bridgehead atoms. The van der Waals surface area contributed by atoms with Crippen molar-refractivity contribution in [2.24, 2.45) is 0 Å². The third kappa shape index (κ3) is 1.50. The first-order chi connectivity index (χ1) is 6.68. The minimum atomic E-state index is -0.881. The van der Waals surface area contributed by atoms with E-state index in [0.717, 1.165) is 11.0 Å². The standard InChI is InChI=1S/C9H7BrN2O2/c10-9-11-6-3-1-2-4-7(6)12(9)5-8(13)14/h1-4H,5H2,(H,13,14). The first-order valence-electron chi connectivity index (χ1n) is 4.01. The molecule has 4 nitrogen and oxygen atoms in total. The lowest BCUT2D eigenvalue weighted by atomic mass is 10.3. The first-order valence-corrected chi connectivity index (χ1v) is 4.80. The van der Waals surface area contributed by atoms with Crippen LogP contribution in [0.3, 0.4) is 0 Å². The van der Waals surface area contributed by atoms with E-state index in [1.54, 1.807) is 4.57 Å². The highest BCUT2D eigenvalue weighted by Gasteiger charge is 2.09. The van der Waals surface area contributed by atoms with Crippen LogP contribution in [0.4, 0.5) is 0 Å². The highest BCUT2D eigenvalue weighted by Crippen LogP contribution is 2.19. The molecule has 0 atom stereocenters. The number of imidazole rings is 1. The van der Waals surface area contributed by atoms with Crippen LogP contribution < -0.4 is 0 Å². The molecule has 0 aliphatic carbocycles. The fraction of sp³-hybridized carbons (Fsp3) is 0.111. The van der Waals surface area contributed by atoms with Gasteiger partial charge >= 0.3 is 5.97 Å². The van der Waals surface area contributed by atoms with E-state index in [4.69, 9.17) is 5.11 Å². The number of nitrogens with zero attached hydrogens (tertiary/aromatic N) is 2. The Bertz CT molecular complexity index is 493. The summed E-state index contributed by atoms with van der Waals surface area (Å²) in [6.07, 6.45) is 0. The number of carbonyl (C=O) groups is 1. The summed E-state index contributed by atoms with van der Waals surface area (Å²) in [7, 11) is 0. The quantitative estimate of drug-likeness (QED) is 0.891. The van der Waals surface area contributed by atoms with E-state index in [1.807, 2.05) is 24.3 Å². The average Bonchev–Trinajstić information content (AvgIpc) is 2.43. The number of aromatic nitrogens is 2. The van der Waals surface area contributed by atoms with Crippen LogP contribution in [0.2, 0.25) is 0 Å². The Labute approximate surface area is 88.3 Å². The fourth-order valence-corrected chi connectivity index (χ4v) is 1.84. The number of carboxylic acid groups (broad SMARTS) is 1. The van der Waals surface area contributed by atoms with Gasteiger partial charge in [0, 0.05) is 0 Å². The Balaban J connectivity index is 2.62. The maximum Gasteiger partial charge on any atom is 0.323 e. The Morgan fingerprint density at radius 2 is 2.21 bits per heavy atom. The van der Waals surface area contributed by atoms with Gasteiger partial charge < -0.3 is 9.67 Å². The van der Waals surface area contributed by atoms with E-state index < -0.39 is 5.97 Å². The van der Waals surface area contributed by atoms with Crippen molar-refractivity contribution >= 4 is 32.9 Å². The number of halogens is 1. The molecule has 2 aromatic rings. The van der Waals surface area contributed by atoms with Crippen LogP contribution in [0, 0.1) is 0 Å². The number of rotatable bonds is 2. The van der Waals surface area contributed by atoms with Crippen LogP contribution in [0.25, 0.3) is 11.0 Å². The Hall–Kier alpha value is -1.36. The molecular weight excluding hydrogens is 248 g/mol. The largest absolute Gasteiger partial charge is 0.480 e. The molecule has 0 spiro atoms. The van der Waals surface area contributed by atoms with Crippen molar-refractivity contribution in [1.82, 2.24) is 9.55 Å². The topological polar surface area (TPSA) is 55.1 Å². The van der Waals surface area contributed by atoms with E-state index in [0.29, 0.717) is 4.73 Å². The molecule has 1 N–H and O–H groups in total. The molecule has 72 valence electrons. The summed E-state index contributed by atoms with van der Waals surface area (Å²) in [6, 6.07) is 7.41. The molecule has 0 fully saturated rings. The van der Waals surface area contributed by atoms with Gasteiger partial charge in [-0.2, -0.15) is 0 Å². The Morgan fingerprint density at radius 1 is 1.50 bits per heavy atom. The molecule has 0 aliphatic heterocycles. The highest BCUT2D eigenvalue weighted by atomic mass is 79.9. The van der Waals surface area contributed by atoms with Gasteiger partial charge in [0.25, 0.3) is 0 Å². The summed E-state index contributed by atoms with van der Waals surface area (Å²) in [6.45, 7) is -0.0822. The van der Waals surface area contributed by atoms with Crippen LogP contribution in [0.5, 0.6) is 0 Å². The summed E-state index contributed by atoms with van der Waals surface area (Å²) < 4.78 is 2.15. The summed E-state index contributed by atoms with van der Waals surface area (Å²) in [4.78, 5) is 14.8. The predicted octanol–water partition coefficient (Wildman–Crippen LogP) is 1.88. The molecule has 0 saturated heterocycles. The number of benzene rings is 1. The molecule has 1 heterocycles. The van der Waals surface area contributed by atoms with Crippen molar-refractivity contribution < 1.29 is 9.90 Å². The number of hydrogen-bond donors (Lipinski definition) is 1. The second kappa shape index (κ2) is 3.42. The van der Waals surface area contributed by atoms with Crippen LogP contribution in [0.15, 0.2) is 29.0 Å². The predicted molar refractivity (Wildman–Crippen MR) is 55.1 cm³/mol. The molecule has 1 aromatic carbocycles. The van der Waals surface area contributed by atoms with Crippen molar-refractivity contribution in [3.05, 3.63) is 29.0 Å². The zero-order valence-corrected chi connectivity index (χ0v) is 8.73. The summed E-state index contributed by atoms with van der Waals surface area (Å²) in [5.41, 5.74) is 1.61. The SMILES string of the molecule is O=C(O)Cn1c(Br)nc2ccccc21. The molecule has 1 aromatic heterocycles. The van der Waals surface area contributed by atoms with E-state index in [1.165, 1.54) is 0 Å². The second-order valence-electron chi connectivity index (χ2n) is 2.85. The van der Waals surface area contributed by atoms with Crippen molar-refractivity contribution in [3.63, 3.8) is 0 Å². The van der Waals surface area contributed by atoms with Gasteiger partial charge in [-0.15, -0.1) is 0 Å². The minimum absolute atomic E-state index is 0.0822. The molecule has 0 saturated carbocycles. The van der Waals surface area contributed by atoms with Gasteiger partial charge in [-0.05, 0) is 28.1 Å². The van der Waals surface area contributed by atoms with Gasteiger partial charge in [-0.25, -0.2) is 4.98 Å². The molecule has 0 radical (unpaired) electrons. The van der Waals surface area contributed by atoms with E-state index >= 15 is 0 Å². The van der Waals surface area contributed by atoms with Crippen molar-refractivity contribution in [2.45, 2.75) is 6.54 Å². The third-order valence-corrected chi connectivity index (χ3v) is 2.51. The zero-order valence-electron chi connectivity index (χ0n) is 7.14. The zero-order chi connectivity index (χ0) is 10.1. The molecule has 5 heteroatoms. The fourth-order valence-electron chi connectivity index (χ4n) is 1.33. The van der Waals surface area contributed by atoms with Gasteiger partial charge in [0.2, 0.25) is 0 Å². The molecular formula is C9H7BrN2O2. The number of aliphatic carboxylic acids is 1. The van der Waals surface area contributed by atoms with Crippen molar-refractivity contribution in [3.8, 4) is 0 Å². The normalized spacial score (nSPS) is 10.6. The molecule has 14 heavy (non-hydrogen) atoms. The molecule has 0 aliphatic rings. The number of fused-ring (bicyclic) bond motifs is 1. The Kier molecular flexibility index (Phi) is 2.25. The third-order valence-electron chi connectivity index (χ3n) is 1.90. The van der Waals surface area contributed by atoms with Gasteiger partial charge in [-0.1, -0.05) is 12.1 Å². The first kappa shape index (κ1) is 9.21. The van der Waals surface area contributed by atoms with Crippen molar-refractivity contribution in [2.75, 3.05) is 0 Å². The summed E-state index contributed by atoms with van der Waals surface area (Å²) >= 11 is 3.23. The maximum atomic E-state index is 10.6.